The first kappa shape index (κ1) is 14.7. The van der Waals surface area contributed by atoms with Crippen LogP contribution < -0.4 is 16.4 Å². The van der Waals surface area contributed by atoms with Crippen molar-refractivity contribution in [2.45, 2.75) is 38.5 Å². The van der Waals surface area contributed by atoms with Crippen LogP contribution in [0.5, 0.6) is 0 Å². The van der Waals surface area contributed by atoms with Crippen LogP contribution in [0.3, 0.4) is 0 Å². The summed E-state index contributed by atoms with van der Waals surface area (Å²) in [5.41, 5.74) is 8.13. The van der Waals surface area contributed by atoms with Crippen molar-refractivity contribution in [2.24, 2.45) is 5.92 Å². The third kappa shape index (κ3) is 3.89. The molecule has 0 unspecified atom stereocenters. The average Bonchev–Trinajstić information content (AvgIpc) is 2.97. The maximum atomic E-state index is 11.6. The zero-order valence-corrected chi connectivity index (χ0v) is 12.2. The number of anilines is 2. The van der Waals surface area contributed by atoms with Crippen LogP contribution in [0.15, 0.2) is 18.2 Å². The number of rotatable bonds is 6. The van der Waals surface area contributed by atoms with Crippen LogP contribution in [0.1, 0.15) is 48.9 Å². The molecule has 0 heterocycles. The van der Waals surface area contributed by atoms with E-state index in [2.05, 4.69) is 10.6 Å². The predicted molar refractivity (Wildman–Crippen MR) is 83.9 cm³/mol. The van der Waals surface area contributed by atoms with Crippen molar-refractivity contribution in [3.8, 4) is 0 Å². The number of nitrogens with two attached hydrogens (primary N) is 1. The number of hydrogen-bond acceptors (Lipinski definition) is 3. The Morgan fingerprint density at radius 2 is 2.10 bits per heavy atom. The molecule has 0 radical (unpaired) electrons. The molecule has 2 rings (SSSR count). The molecule has 1 aliphatic carbocycles. The normalized spacial score (nSPS) is 15.2. The van der Waals surface area contributed by atoms with E-state index in [9.17, 15) is 4.79 Å². The molecule has 0 atom stereocenters. The van der Waals surface area contributed by atoms with Gasteiger partial charge in [-0.1, -0.05) is 25.7 Å². The Morgan fingerprint density at radius 3 is 2.80 bits per heavy atom. The maximum absolute atomic E-state index is 11.6. The highest BCUT2D eigenvalue weighted by molar-refractivity contribution is 5.96. The molecule has 0 aromatic heterocycles. The quantitative estimate of drug-likeness (QED) is 0.552. The lowest BCUT2D eigenvalue weighted by molar-refractivity contribution is 0.0963. The summed E-state index contributed by atoms with van der Waals surface area (Å²) in [6.07, 6.45) is 8.05. The van der Waals surface area contributed by atoms with Crippen LogP contribution in [0.2, 0.25) is 0 Å². The fourth-order valence-corrected chi connectivity index (χ4v) is 2.91. The number of nitrogen functional groups attached to an aromatic ring is 1. The van der Waals surface area contributed by atoms with Crippen LogP contribution in [0, 0.1) is 5.92 Å². The van der Waals surface area contributed by atoms with Gasteiger partial charge in [-0.25, -0.2) is 0 Å². The molecule has 1 fully saturated rings. The number of hydrogen-bond donors (Lipinski definition) is 3. The standard InChI is InChI=1S/C16H25N3O/c1-18-16(20)13-8-9-14(17)15(11-13)19-10-4-7-12-5-2-3-6-12/h8-9,11-12,19H,2-7,10,17H2,1H3,(H,18,20). The van der Waals surface area contributed by atoms with Crippen LogP contribution in [-0.4, -0.2) is 19.5 Å². The Morgan fingerprint density at radius 1 is 1.35 bits per heavy atom. The van der Waals surface area contributed by atoms with Gasteiger partial charge in [0.05, 0.1) is 11.4 Å². The topological polar surface area (TPSA) is 67.2 Å². The van der Waals surface area contributed by atoms with Crippen molar-refractivity contribution in [3.05, 3.63) is 23.8 Å². The Kier molecular flexibility index (Phi) is 5.27. The van der Waals surface area contributed by atoms with E-state index in [-0.39, 0.29) is 5.91 Å². The van der Waals surface area contributed by atoms with Crippen molar-refractivity contribution < 1.29 is 4.79 Å². The molecule has 1 amide bonds. The first-order valence-electron chi connectivity index (χ1n) is 7.56. The zero-order valence-electron chi connectivity index (χ0n) is 12.2. The molecular weight excluding hydrogens is 250 g/mol. The Labute approximate surface area is 121 Å². The van der Waals surface area contributed by atoms with Gasteiger partial charge in [-0.05, 0) is 37.0 Å². The SMILES string of the molecule is CNC(=O)c1ccc(N)c(NCCCC2CCCC2)c1. The molecule has 20 heavy (non-hydrogen) atoms. The zero-order chi connectivity index (χ0) is 14.4. The van der Waals surface area contributed by atoms with Crippen molar-refractivity contribution in [1.29, 1.82) is 0 Å². The van der Waals surface area contributed by atoms with E-state index in [1.54, 1.807) is 19.2 Å². The lowest BCUT2D eigenvalue weighted by atomic mass is 10.0. The molecule has 110 valence electrons. The van der Waals surface area contributed by atoms with Gasteiger partial charge in [-0.3, -0.25) is 4.79 Å². The summed E-state index contributed by atoms with van der Waals surface area (Å²) in [5.74, 6) is 0.838. The van der Waals surface area contributed by atoms with Gasteiger partial charge in [-0.2, -0.15) is 0 Å². The van der Waals surface area contributed by atoms with E-state index in [1.165, 1.54) is 32.1 Å². The fourth-order valence-electron chi connectivity index (χ4n) is 2.91. The number of amides is 1. The third-order valence-electron chi connectivity index (χ3n) is 4.12. The van der Waals surface area contributed by atoms with Crippen molar-refractivity contribution in [3.63, 3.8) is 0 Å². The molecule has 1 saturated carbocycles. The summed E-state index contributed by atoms with van der Waals surface area (Å²) in [5, 5.41) is 5.98. The van der Waals surface area contributed by atoms with Crippen LogP contribution in [0.4, 0.5) is 11.4 Å². The Hall–Kier alpha value is -1.71. The minimum absolute atomic E-state index is 0.0843. The predicted octanol–water partition coefficient (Wildman–Crippen LogP) is 3.01. The maximum Gasteiger partial charge on any atom is 0.251 e. The van der Waals surface area contributed by atoms with E-state index < -0.39 is 0 Å². The monoisotopic (exact) mass is 275 g/mol. The molecule has 0 saturated heterocycles. The van der Waals surface area contributed by atoms with Gasteiger partial charge in [0.1, 0.15) is 0 Å². The highest BCUT2D eigenvalue weighted by Crippen LogP contribution is 2.28. The minimum Gasteiger partial charge on any atom is -0.397 e. The minimum atomic E-state index is -0.0843. The van der Waals surface area contributed by atoms with Gasteiger partial charge in [0.15, 0.2) is 0 Å². The van der Waals surface area contributed by atoms with Gasteiger partial charge in [0, 0.05) is 19.2 Å². The van der Waals surface area contributed by atoms with Crippen molar-refractivity contribution in [1.82, 2.24) is 5.32 Å². The van der Waals surface area contributed by atoms with Crippen LogP contribution >= 0.6 is 0 Å². The molecular formula is C16H25N3O. The molecule has 4 heteroatoms. The first-order valence-corrected chi connectivity index (χ1v) is 7.56. The second-order valence-electron chi connectivity index (χ2n) is 5.60. The molecule has 0 bridgehead atoms. The highest BCUT2D eigenvalue weighted by atomic mass is 16.1. The summed E-state index contributed by atoms with van der Waals surface area (Å²) < 4.78 is 0. The van der Waals surface area contributed by atoms with Crippen molar-refractivity contribution >= 4 is 17.3 Å². The lowest BCUT2D eigenvalue weighted by Gasteiger charge is -2.12. The second-order valence-corrected chi connectivity index (χ2v) is 5.60. The molecule has 1 aromatic carbocycles. The van der Waals surface area contributed by atoms with Gasteiger partial charge in [0.2, 0.25) is 0 Å². The van der Waals surface area contributed by atoms with E-state index in [0.29, 0.717) is 11.3 Å². The lowest BCUT2D eigenvalue weighted by Crippen LogP contribution is -2.18. The van der Waals surface area contributed by atoms with Gasteiger partial charge in [-0.15, -0.1) is 0 Å². The summed E-state index contributed by atoms with van der Waals surface area (Å²) >= 11 is 0. The second kappa shape index (κ2) is 7.17. The van der Waals surface area contributed by atoms with E-state index >= 15 is 0 Å². The van der Waals surface area contributed by atoms with Crippen LogP contribution in [-0.2, 0) is 0 Å². The number of benzene rings is 1. The van der Waals surface area contributed by atoms with E-state index in [4.69, 9.17) is 5.73 Å². The molecule has 0 spiro atoms. The summed E-state index contributed by atoms with van der Waals surface area (Å²) in [7, 11) is 1.63. The molecule has 1 aromatic rings. The molecule has 0 aliphatic heterocycles. The van der Waals surface area contributed by atoms with Gasteiger partial charge < -0.3 is 16.4 Å². The Balaban J connectivity index is 1.83. The summed E-state index contributed by atoms with van der Waals surface area (Å²) in [6.45, 7) is 0.915. The smallest absolute Gasteiger partial charge is 0.251 e. The molecule has 4 nitrogen and oxygen atoms in total. The van der Waals surface area contributed by atoms with Gasteiger partial charge >= 0.3 is 0 Å². The van der Waals surface area contributed by atoms with Gasteiger partial charge in [0.25, 0.3) is 5.91 Å². The number of nitrogens with one attached hydrogen (secondary N) is 2. The largest absolute Gasteiger partial charge is 0.397 e. The molecule has 4 N–H and O–H groups in total. The van der Waals surface area contributed by atoms with E-state index in [1.807, 2.05) is 6.07 Å². The molecule has 1 aliphatic rings. The highest BCUT2D eigenvalue weighted by Gasteiger charge is 2.14. The third-order valence-corrected chi connectivity index (χ3v) is 4.12. The average molecular weight is 275 g/mol. The first-order chi connectivity index (χ1) is 9.70. The van der Waals surface area contributed by atoms with Crippen molar-refractivity contribution in [2.75, 3.05) is 24.6 Å². The fraction of sp³-hybridized carbons (Fsp3) is 0.562. The number of carbonyl (C=O) groups is 1. The number of carbonyl (C=O) groups excluding carboxylic acids is 1. The van der Waals surface area contributed by atoms with Crippen LogP contribution in [0.25, 0.3) is 0 Å². The summed E-state index contributed by atoms with van der Waals surface area (Å²) in [6, 6.07) is 5.35. The van der Waals surface area contributed by atoms with E-state index in [0.717, 1.165) is 24.6 Å². The Bertz CT molecular complexity index is 453. The summed E-state index contributed by atoms with van der Waals surface area (Å²) in [4.78, 5) is 11.6.